The summed E-state index contributed by atoms with van der Waals surface area (Å²) >= 11 is 0. The number of aromatic nitrogens is 1. The van der Waals surface area contributed by atoms with Gasteiger partial charge in [-0.1, -0.05) is 45.2 Å². The first-order valence-electron chi connectivity index (χ1n) is 11.1. The predicted molar refractivity (Wildman–Crippen MR) is 138 cm³/mol. The maximum absolute atomic E-state index is 9.10. The lowest BCUT2D eigenvalue weighted by Crippen LogP contribution is -2.36. The Morgan fingerprint density at radius 2 is 1.85 bits per heavy atom. The van der Waals surface area contributed by atoms with Crippen LogP contribution in [0, 0.1) is 11.3 Å². The average Bonchev–Trinajstić information content (AvgIpc) is 2.84. The van der Waals surface area contributed by atoms with Gasteiger partial charge in [0.2, 0.25) is 0 Å². The number of hydrogen-bond donors (Lipinski definition) is 2. The van der Waals surface area contributed by atoms with Gasteiger partial charge in [-0.05, 0) is 48.7 Å². The van der Waals surface area contributed by atoms with Gasteiger partial charge in [0.1, 0.15) is 0 Å². The Labute approximate surface area is 195 Å². The second-order valence-corrected chi connectivity index (χ2v) is 7.80. The molecule has 33 heavy (non-hydrogen) atoms. The second kappa shape index (κ2) is 11.1. The first-order valence-corrected chi connectivity index (χ1v) is 11.1. The molecule has 0 aliphatic heterocycles. The molecule has 2 aromatic carbocycles. The molecule has 0 fully saturated rings. The van der Waals surface area contributed by atoms with E-state index in [4.69, 9.17) is 11.1 Å². The van der Waals surface area contributed by atoms with Gasteiger partial charge in [0, 0.05) is 29.4 Å². The number of nitrogens with two attached hydrogens (primary N) is 1. The van der Waals surface area contributed by atoms with E-state index < -0.39 is 0 Å². The molecule has 1 heterocycles. The minimum atomic E-state index is 0.551. The summed E-state index contributed by atoms with van der Waals surface area (Å²) < 4.78 is 0. The van der Waals surface area contributed by atoms with E-state index in [1.165, 1.54) is 0 Å². The molecule has 0 spiro atoms. The SMILES string of the molecule is C=C(c1ccc(N=CC(NN)=c2cc3ccc(C#N)cc3nc2=C)cc1)N(CCC)CCC. The average molecular weight is 439 g/mol. The molecule has 6 nitrogen and oxygen atoms in total. The van der Waals surface area contributed by atoms with E-state index in [1.54, 1.807) is 18.3 Å². The molecule has 0 aliphatic rings. The van der Waals surface area contributed by atoms with Crippen LogP contribution in [0.25, 0.3) is 28.9 Å². The van der Waals surface area contributed by atoms with Crippen molar-refractivity contribution in [3.05, 3.63) is 76.8 Å². The monoisotopic (exact) mass is 438 g/mol. The molecule has 0 bridgehead atoms. The van der Waals surface area contributed by atoms with Crippen molar-refractivity contribution in [2.45, 2.75) is 26.7 Å². The Morgan fingerprint density at radius 1 is 1.15 bits per heavy atom. The third-order valence-electron chi connectivity index (χ3n) is 5.38. The molecule has 0 atom stereocenters. The standard InChI is InChI=1S/C27H30N6/c1-5-13-33(14-6-2)20(4)22-9-11-24(12-10-22)30-18-27(32-29)25-16-23-8-7-21(17-28)15-26(23)31-19(25)3/h7-12,15-16,18,32H,3-6,13-14,29H2,1-2H3. The summed E-state index contributed by atoms with van der Waals surface area (Å²) in [4.78, 5) is 11.4. The van der Waals surface area contributed by atoms with E-state index in [1.807, 2.05) is 36.4 Å². The highest BCUT2D eigenvalue weighted by atomic mass is 15.2. The summed E-state index contributed by atoms with van der Waals surface area (Å²) in [5.41, 5.74) is 7.51. The lowest BCUT2D eigenvalue weighted by atomic mass is 10.1. The zero-order chi connectivity index (χ0) is 23.8. The molecule has 3 rings (SSSR count). The number of rotatable bonds is 9. The van der Waals surface area contributed by atoms with Gasteiger partial charge < -0.3 is 10.3 Å². The molecular weight excluding hydrogens is 408 g/mol. The Bertz CT molecular complexity index is 1310. The van der Waals surface area contributed by atoms with Crippen LogP contribution in [0.5, 0.6) is 0 Å². The lowest BCUT2D eigenvalue weighted by molar-refractivity contribution is 0.397. The third-order valence-corrected chi connectivity index (χ3v) is 5.38. The first kappa shape index (κ1) is 23.7. The summed E-state index contributed by atoms with van der Waals surface area (Å²) in [5, 5.41) is 11.3. The van der Waals surface area contributed by atoms with E-state index in [-0.39, 0.29) is 0 Å². The van der Waals surface area contributed by atoms with E-state index in [2.05, 4.69) is 53.4 Å². The highest BCUT2D eigenvalue weighted by molar-refractivity contribution is 6.02. The van der Waals surface area contributed by atoms with Crippen molar-refractivity contribution in [2.24, 2.45) is 10.8 Å². The number of pyridine rings is 1. The molecule has 0 radical (unpaired) electrons. The molecular formula is C27H30N6. The van der Waals surface area contributed by atoms with Crippen LogP contribution in [0.15, 0.2) is 60.1 Å². The molecule has 0 amide bonds. The molecule has 0 saturated carbocycles. The van der Waals surface area contributed by atoms with Crippen LogP contribution in [-0.4, -0.2) is 29.2 Å². The van der Waals surface area contributed by atoms with Crippen LogP contribution in [0.2, 0.25) is 0 Å². The van der Waals surface area contributed by atoms with Gasteiger partial charge in [-0.2, -0.15) is 5.26 Å². The fourth-order valence-corrected chi connectivity index (χ4v) is 3.68. The molecule has 6 heteroatoms. The number of hydrazine groups is 1. The lowest BCUT2D eigenvalue weighted by Gasteiger charge is -2.26. The van der Waals surface area contributed by atoms with Gasteiger partial charge in [0.15, 0.2) is 0 Å². The van der Waals surface area contributed by atoms with Crippen molar-refractivity contribution < 1.29 is 0 Å². The molecule has 1 aromatic heterocycles. The summed E-state index contributed by atoms with van der Waals surface area (Å²) in [5.74, 6) is 5.79. The number of hydrogen-bond acceptors (Lipinski definition) is 6. The van der Waals surface area contributed by atoms with Crippen molar-refractivity contribution >= 4 is 40.8 Å². The minimum Gasteiger partial charge on any atom is -0.372 e. The highest BCUT2D eigenvalue weighted by Gasteiger charge is 2.08. The van der Waals surface area contributed by atoms with Crippen LogP contribution in [0.4, 0.5) is 5.69 Å². The highest BCUT2D eigenvalue weighted by Crippen LogP contribution is 2.21. The largest absolute Gasteiger partial charge is 0.372 e. The van der Waals surface area contributed by atoms with Crippen molar-refractivity contribution in [1.29, 1.82) is 5.26 Å². The predicted octanol–water partition coefficient (Wildman–Crippen LogP) is 3.58. The van der Waals surface area contributed by atoms with Gasteiger partial charge >= 0.3 is 0 Å². The summed E-state index contributed by atoms with van der Waals surface area (Å²) in [7, 11) is 0. The Balaban J connectivity index is 1.89. The fraction of sp³-hybridized carbons (Fsp3) is 0.222. The van der Waals surface area contributed by atoms with Crippen LogP contribution in [0.3, 0.4) is 0 Å². The number of nitriles is 1. The van der Waals surface area contributed by atoms with Gasteiger partial charge in [-0.15, -0.1) is 0 Å². The molecule has 168 valence electrons. The van der Waals surface area contributed by atoms with E-state index in [0.717, 1.165) is 53.5 Å². The Kier molecular flexibility index (Phi) is 7.96. The topological polar surface area (TPSA) is 90.3 Å². The van der Waals surface area contributed by atoms with Crippen LogP contribution < -0.4 is 21.8 Å². The Hall–Kier alpha value is -3.95. The third kappa shape index (κ3) is 5.65. The summed E-state index contributed by atoms with van der Waals surface area (Å²) in [6, 6.07) is 17.5. The first-order chi connectivity index (χ1) is 16.0. The van der Waals surface area contributed by atoms with E-state index in [9.17, 15) is 0 Å². The van der Waals surface area contributed by atoms with Gasteiger partial charge in [-0.25, -0.2) is 4.98 Å². The van der Waals surface area contributed by atoms with Crippen LogP contribution in [-0.2, 0) is 0 Å². The number of fused-ring (bicyclic) bond motifs is 1. The number of nitrogens with zero attached hydrogens (tertiary/aromatic N) is 4. The van der Waals surface area contributed by atoms with Crippen molar-refractivity contribution in [3.63, 3.8) is 0 Å². The van der Waals surface area contributed by atoms with Crippen molar-refractivity contribution in [3.8, 4) is 6.07 Å². The van der Waals surface area contributed by atoms with E-state index >= 15 is 0 Å². The quantitative estimate of drug-likeness (QED) is 0.303. The smallest absolute Gasteiger partial charge is 0.0992 e. The van der Waals surface area contributed by atoms with Crippen LogP contribution >= 0.6 is 0 Å². The summed E-state index contributed by atoms with van der Waals surface area (Å²) in [6.07, 6.45) is 3.85. The normalized spacial score (nSPS) is 11.9. The van der Waals surface area contributed by atoms with Gasteiger partial charge in [-0.3, -0.25) is 10.8 Å². The van der Waals surface area contributed by atoms with Gasteiger partial charge in [0.05, 0.1) is 40.1 Å². The Morgan fingerprint density at radius 3 is 2.45 bits per heavy atom. The molecule has 0 aliphatic carbocycles. The molecule has 0 saturated heterocycles. The number of aliphatic imine (C=N–C) groups is 1. The van der Waals surface area contributed by atoms with Gasteiger partial charge in [0.25, 0.3) is 0 Å². The van der Waals surface area contributed by atoms with Crippen molar-refractivity contribution in [2.75, 3.05) is 13.1 Å². The number of nitrogens with one attached hydrogen (secondary N) is 1. The van der Waals surface area contributed by atoms with Crippen molar-refractivity contribution in [1.82, 2.24) is 15.3 Å². The maximum atomic E-state index is 9.10. The maximum Gasteiger partial charge on any atom is 0.0992 e. The molecule has 3 N–H and O–H groups in total. The van der Waals surface area contributed by atoms with Crippen LogP contribution in [0.1, 0.15) is 37.8 Å². The second-order valence-electron chi connectivity index (χ2n) is 7.80. The summed E-state index contributed by atoms with van der Waals surface area (Å²) in [6.45, 7) is 14.7. The zero-order valence-corrected chi connectivity index (χ0v) is 19.3. The number of benzene rings is 2. The van der Waals surface area contributed by atoms with E-state index in [0.29, 0.717) is 22.1 Å². The molecule has 3 aromatic rings. The zero-order valence-electron chi connectivity index (χ0n) is 19.3. The minimum absolute atomic E-state index is 0.551. The molecule has 0 unspecified atom stereocenters. The fourth-order valence-electron chi connectivity index (χ4n) is 3.68.